The molecular formula is C13H22N2O3S. The summed E-state index contributed by atoms with van der Waals surface area (Å²) < 4.78 is 28.1. The van der Waals surface area contributed by atoms with E-state index >= 15 is 0 Å². The van der Waals surface area contributed by atoms with Gasteiger partial charge in [0.2, 0.25) is 10.0 Å². The van der Waals surface area contributed by atoms with Crippen LogP contribution in [0, 0.1) is 5.92 Å². The highest BCUT2D eigenvalue weighted by molar-refractivity contribution is 7.89. The van der Waals surface area contributed by atoms with Crippen molar-refractivity contribution in [3.8, 4) is 0 Å². The first-order valence-electron chi connectivity index (χ1n) is 6.75. The second-order valence-electron chi connectivity index (χ2n) is 5.19. The van der Waals surface area contributed by atoms with E-state index in [2.05, 4.69) is 0 Å². The third kappa shape index (κ3) is 2.85. The highest BCUT2D eigenvalue weighted by Crippen LogP contribution is 2.28. The Morgan fingerprint density at radius 1 is 1.47 bits per heavy atom. The van der Waals surface area contributed by atoms with Gasteiger partial charge in [0.25, 0.3) is 0 Å². The number of aliphatic hydroxyl groups is 1. The first-order chi connectivity index (χ1) is 8.98. The molecule has 0 amide bonds. The highest BCUT2D eigenvalue weighted by atomic mass is 32.2. The summed E-state index contributed by atoms with van der Waals surface area (Å²) in [5, 5.41) is 9.23. The SMILES string of the molecule is CCn1cc(S(=O)(=O)N(C)CC2CCC2)cc1CO. The lowest BCUT2D eigenvalue weighted by Crippen LogP contribution is -2.34. The highest BCUT2D eigenvalue weighted by Gasteiger charge is 2.27. The minimum absolute atomic E-state index is 0.143. The summed E-state index contributed by atoms with van der Waals surface area (Å²) in [6.45, 7) is 3.02. The van der Waals surface area contributed by atoms with Gasteiger partial charge in [-0.05, 0) is 31.7 Å². The van der Waals surface area contributed by atoms with Crippen molar-refractivity contribution in [2.24, 2.45) is 5.92 Å². The van der Waals surface area contributed by atoms with E-state index in [0.717, 1.165) is 12.8 Å². The third-order valence-electron chi connectivity index (χ3n) is 3.91. The average molecular weight is 286 g/mol. The van der Waals surface area contributed by atoms with Crippen LogP contribution in [0.5, 0.6) is 0 Å². The number of nitrogens with zero attached hydrogens (tertiary/aromatic N) is 2. The molecule has 1 aliphatic carbocycles. The molecule has 1 saturated carbocycles. The molecule has 0 bridgehead atoms. The van der Waals surface area contributed by atoms with Crippen molar-refractivity contribution in [1.82, 2.24) is 8.87 Å². The maximum atomic E-state index is 12.4. The van der Waals surface area contributed by atoms with Gasteiger partial charge in [-0.15, -0.1) is 0 Å². The molecule has 19 heavy (non-hydrogen) atoms. The van der Waals surface area contributed by atoms with Crippen LogP contribution in [0.25, 0.3) is 0 Å². The molecule has 0 aliphatic heterocycles. The molecule has 108 valence electrons. The number of rotatable bonds is 6. The smallest absolute Gasteiger partial charge is 0.244 e. The molecule has 1 fully saturated rings. The predicted molar refractivity (Wildman–Crippen MR) is 73.2 cm³/mol. The van der Waals surface area contributed by atoms with Crippen molar-refractivity contribution in [2.75, 3.05) is 13.6 Å². The zero-order valence-electron chi connectivity index (χ0n) is 11.5. The Labute approximate surface area is 114 Å². The van der Waals surface area contributed by atoms with Crippen LogP contribution in [0.4, 0.5) is 0 Å². The minimum Gasteiger partial charge on any atom is -0.390 e. The summed E-state index contributed by atoms with van der Waals surface area (Å²) in [4.78, 5) is 0.278. The number of hydrogen-bond acceptors (Lipinski definition) is 3. The molecule has 1 heterocycles. The Morgan fingerprint density at radius 2 is 2.16 bits per heavy atom. The fraction of sp³-hybridized carbons (Fsp3) is 0.692. The van der Waals surface area contributed by atoms with Crippen molar-refractivity contribution in [2.45, 2.75) is 44.2 Å². The summed E-state index contributed by atoms with van der Waals surface area (Å²) in [7, 11) is -1.80. The average Bonchev–Trinajstić information content (AvgIpc) is 2.77. The van der Waals surface area contributed by atoms with Crippen LogP contribution in [0.15, 0.2) is 17.2 Å². The molecule has 1 aromatic heterocycles. The molecule has 6 heteroatoms. The second-order valence-corrected chi connectivity index (χ2v) is 7.24. The van der Waals surface area contributed by atoms with E-state index in [1.165, 1.54) is 10.7 Å². The molecule has 0 unspecified atom stereocenters. The quantitative estimate of drug-likeness (QED) is 0.860. The molecule has 1 aliphatic rings. The van der Waals surface area contributed by atoms with Gasteiger partial charge in [-0.2, -0.15) is 0 Å². The van der Waals surface area contributed by atoms with Gasteiger partial charge in [-0.3, -0.25) is 0 Å². The Kier molecular flexibility index (Phi) is 4.32. The van der Waals surface area contributed by atoms with E-state index in [1.54, 1.807) is 23.9 Å². The van der Waals surface area contributed by atoms with Gasteiger partial charge in [-0.1, -0.05) is 6.42 Å². The van der Waals surface area contributed by atoms with Crippen molar-refractivity contribution in [3.05, 3.63) is 18.0 Å². The molecule has 1 N–H and O–H groups in total. The van der Waals surface area contributed by atoms with Gasteiger partial charge in [0, 0.05) is 32.0 Å². The lowest BCUT2D eigenvalue weighted by atomic mass is 9.86. The van der Waals surface area contributed by atoms with Crippen molar-refractivity contribution < 1.29 is 13.5 Å². The molecule has 2 rings (SSSR count). The molecule has 0 radical (unpaired) electrons. The number of aliphatic hydroxyl groups excluding tert-OH is 1. The normalized spacial score (nSPS) is 16.8. The number of hydrogen-bond donors (Lipinski definition) is 1. The van der Waals surface area contributed by atoms with Gasteiger partial charge in [0.1, 0.15) is 4.90 Å². The van der Waals surface area contributed by atoms with Crippen LogP contribution in [0.1, 0.15) is 31.9 Å². The maximum absolute atomic E-state index is 12.4. The molecular weight excluding hydrogens is 264 g/mol. The van der Waals surface area contributed by atoms with E-state index in [-0.39, 0.29) is 11.5 Å². The Bertz CT molecular complexity index is 511. The first kappa shape index (κ1) is 14.6. The molecule has 0 aromatic carbocycles. The monoisotopic (exact) mass is 286 g/mol. The lowest BCUT2D eigenvalue weighted by Gasteiger charge is -2.29. The Hall–Kier alpha value is -0.850. The Balaban J connectivity index is 2.20. The van der Waals surface area contributed by atoms with Gasteiger partial charge < -0.3 is 9.67 Å². The largest absolute Gasteiger partial charge is 0.390 e. The third-order valence-corrected chi connectivity index (χ3v) is 5.70. The van der Waals surface area contributed by atoms with Gasteiger partial charge in [0.15, 0.2) is 0 Å². The van der Waals surface area contributed by atoms with Gasteiger partial charge in [0.05, 0.1) is 6.61 Å². The van der Waals surface area contributed by atoms with Crippen LogP contribution >= 0.6 is 0 Å². The summed E-state index contributed by atoms with van der Waals surface area (Å²) in [6.07, 6.45) is 5.06. The molecule has 0 atom stereocenters. The van der Waals surface area contributed by atoms with Crippen molar-refractivity contribution in [3.63, 3.8) is 0 Å². The van der Waals surface area contributed by atoms with Crippen molar-refractivity contribution >= 4 is 10.0 Å². The zero-order chi connectivity index (χ0) is 14.0. The van der Waals surface area contributed by atoms with E-state index in [1.807, 2.05) is 6.92 Å². The zero-order valence-corrected chi connectivity index (χ0v) is 12.4. The first-order valence-corrected chi connectivity index (χ1v) is 8.19. The topological polar surface area (TPSA) is 62.5 Å². The van der Waals surface area contributed by atoms with Crippen LogP contribution in [0.2, 0.25) is 0 Å². The maximum Gasteiger partial charge on any atom is 0.244 e. The van der Waals surface area contributed by atoms with Crippen LogP contribution < -0.4 is 0 Å². The van der Waals surface area contributed by atoms with Gasteiger partial charge >= 0.3 is 0 Å². The lowest BCUT2D eigenvalue weighted by molar-refractivity contribution is 0.263. The molecule has 0 saturated heterocycles. The van der Waals surface area contributed by atoms with E-state index < -0.39 is 10.0 Å². The number of sulfonamides is 1. The molecule has 0 spiro atoms. The minimum atomic E-state index is -3.43. The van der Waals surface area contributed by atoms with E-state index in [0.29, 0.717) is 24.7 Å². The summed E-state index contributed by atoms with van der Waals surface area (Å²) in [6, 6.07) is 1.57. The summed E-state index contributed by atoms with van der Waals surface area (Å²) in [5.41, 5.74) is 0.637. The molecule has 5 nitrogen and oxygen atoms in total. The number of aromatic nitrogens is 1. The van der Waals surface area contributed by atoms with E-state index in [4.69, 9.17) is 0 Å². The van der Waals surface area contributed by atoms with Crippen LogP contribution in [-0.2, 0) is 23.2 Å². The fourth-order valence-electron chi connectivity index (χ4n) is 2.41. The van der Waals surface area contributed by atoms with E-state index in [9.17, 15) is 13.5 Å². The number of aryl methyl sites for hydroxylation is 1. The predicted octanol–water partition coefficient (Wildman–Crippen LogP) is 1.42. The second kappa shape index (κ2) is 5.64. The van der Waals surface area contributed by atoms with Gasteiger partial charge in [-0.25, -0.2) is 12.7 Å². The standard InChI is InChI=1S/C13H22N2O3S/c1-3-15-9-13(7-12(15)10-16)19(17,18)14(2)8-11-5-4-6-11/h7,9,11,16H,3-6,8,10H2,1-2H3. The molecule has 1 aromatic rings. The van der Waals surface area contributed by atoms with Crippen LogP contribution in [-0.4, -0.2) is 36.0 Å². The fourth-order valence-corrected chi connectivity index (χ4v) is 3.72. The van der Waals surface area contributed by atoms with Crippen LogP contribution in [0.3, 0.4) is 0 Å². The van der Waals surface area contributed by atoms with Crippen molar-refractivity contribution in [1.29, 1.82) is 0 Å². The summed E-state index contributed by atoms with van der Waals surface area (Å²) in [5.74, 6) is 0.505. The summed E-state index contributed by atoms with van der Waals surface area (Å²) >= 11 is 0. The Morgan fingerprint density at radius 3 is 2.58 bits per heavy atom.